The number of hydrogen-bond donors (Lipinski definition) is 0. The fraction of sp³-hybridized carbons (Fsp3) is 1.00. The van der Waals surface area contributed by atoms with Crippen molar-refractivity contribution in [3.63, 3.8) is 0 Å². The molecule has 0 aliphatic carbocycles. The van der Waals surface area contributed by atoms with Crippen molar-refractivity contribution in [2.45, 2.75) is 18.4 Å². The van der Waals surface area contributed by atoms with Crippen LogP contribution in [0.2, 0.25) is 0 Å². The van der Waals surface area contributed by atoms with Crippen LogP contribution >= 0.6 is 15.9 Å². The molecule has 0 aromatic carbocycles. The predicted octanol–water partition coefficient (Wildman–Crippen LogP) is 1.58. The zero-order chi connectivity index (χ0) is 7.45. The smallest absolute Gasteiger partial charge is 0.0818 e. The lowest BCUT2D eigenvalue weighted by atomic mass is 9.97. The van der Waals surface area contributed by atoms with Gasteiger partial charge in [0.2, 0.25) is 0 Å². The van der Waals surface area contributed by atoms with E-state index < -0.39 is 0 Å². The SMILES string of the molecule is COC1(CBr)CCOCC1. The van der Waals surface area contributed by atoms with Crippen LogP contribution in [0.5, 0.6) is 0 Å². The van der Waals surface area contributed by atoms with E-state index in [0.717, 1.165) is 31.4 Å². The van der Waals surface area contributed by atoms with Crippen molar-refractivity contribution in [3.8, 4) is 0 Å². The minimum Gasteiger partial charge on any atom is -0.381 e. The molecule has 0 spiro atoms. The summed E-state index contributed by atoms with van der Waals surface area (Å²) in [5, 5.41) is 0.917. The van der Waals surface area contributed by atoms with E-state index in [1.165, 1.54) is 0 Å². The van der Waals surface area contributed by atoms with Crippen LogP contribution in [0.15, 0.2) is 0 Å². The van der Waals surface area contributed by atoms with E-state index in [9.17, 15) is 0 Å². The second-order valence-electron chi connectivity index (χ2n) is 2.63. The van der Waals surface area contributed by atoms with Gasteiger partial charge in [-0.1, -0.05) is 15.9 Å². The van der Waals surface area contributed by atoms with Crippen molar-refractivity contribution >= 4 is 15.9 Å². The topological polar surface area (TPSA) is 18.5 Å². The fourth-order valence-electron chi connectivity index (χ4n) is 1.14. The molecule has 0 unspecified atom stereocenters. The van der Waals surface area contributed by atoms with E-state index in [2.05, 4.69) is 15.9 Å². The zero-order valence-electron chi connectivity index (χ0n) is 6.23. The van der Waals surface area contributed by atoms with Gasteiger partial charge in [-0.2, -0.15) is 0 Å². The van der Waals surface area contributed by atoms with Crippen LogP contribution in [0, 0.1) is 0 Å². The van der Waals surface area contributed by atoms with Crippen molar-refractivity contribution in [2.75, 3.05) is 25.7 Å². The first-order valence-electron chi connectivity index (χ1n) is 3.52. The summed E-state index contributed by atoms with van der Waals surface area (Å²) in [7, 11) is 1.77. The number of methoxy groups -OCH3 is 1. The standard InChI is InChI=1S/C7H13BrO2/c1-9-7(6-8)2-4-10-5-3-7/h2-6H2,1H3. The highest BCUT2D eigenvalue weighted by Crippen LogP contribution is 2.25. The van der Waals surface area contributed by atoms with E-state index >= 15 is 0 Å². The molecule has 0 N–H and O–H groups in total. The van der Waals surface area contributed by atoms with Crippen LogP contribution in [-0.2, 0) is 9.47 Å². The molecular formula is C7H13BrO2. The summed E-state index contributed by atoms with van der Waals surface area (Å²) in [6.07, 6.45) is 2.02. The van der Waals surface area contributed by atoms with Crippen molar-refractivity contribution in [2.24, 2.45) is 0 Å². The summed E-state index contributed by atoms with van der Waals surface area (Å²) in [6.45, 7) is 1.67. The molecule has 0 atom stereocenters. The average molecular weight is 209 g/mol. The Morgan fingerprint density at radius 2 is 2.10 bits per heavy atom. The van der Waals surface area contributed by atoms with Crippen LogP contribution in [0.25, 0.3) is 0 Å². The Bertz CT molecular complexity index is 93.8. The van der Waals surface area contributed by atoms with Gasteiger partial charge in [-0.3, -0.25) is 0 Å². The van der Waals surface area contributed by atoms with Crippen LogP contribution < -0.4 is 0 Å². The summed E-state index contributed by atoms with van der Waals surface area (Å²) in [5.74, 6) is 0. The molecule has 2 nitrogen and oxygen atoms in total. The van der Waals surface area contributed by atoms with Gasteiger partial charge in [0.15, 0.2) is 0 Å². The molecule has 0 bridgehead atoms. The Morgan fingerprint density at radius 3 is 2.40 bits per heavy atom. The first kappa shape index (κ1) is 8.50. The maximum Gasteiger partial charge on any atom is 0.0818 e. The molecule has 1 saturated heterocycles. The first-order valence-corrected chi connectivity index (χ1v) is 4.64. The molecule has 1 aliphatic rings. The van der Waals surface area contributed by atoms with Crippen LogP contribution in [0.1, 0.15) is 12.8 Å². The van der Waals surface area contributed by atoms with Crippen molar-refractivity contribution in [1.82, 2.24) is 0 Å². The quantitative estimate of drug-likeness (QED) is 0.643. The molecule has 1 heterocycles. The van der Waals surface area contributed by atoms with Gasteiger partial charge in [-0.05, 0) is 0 Å². The molecule has 1 rings (SSSR count). The summed E-state index contributed by atoms with van der Waals surface area (Å²) in [6, 6.07) is 0. The number of halogens is 1. The molecule has 0 aromatic rings. The minimum absolute atomic E-state index is 0.0538. The molecular weight excluding hydrogens is 196 g/mol. The largest absolute Gasteiger partial charge is 0.381 e. The lowest BCUT2D eigenvalue weighted by Gasteiger charge is -2.33. The van der Waals surface area contributed by atoms with E-state index in [4.69, 9.17) is 9.47 Å². The van der Waals surface area contributed by atoms with Gasteiger partial charge in [-0.25, -0.2) is 0 Å². The van der Waals surface area contributed by atoms with E-state index in [1.807, 2.05) is 0 Å². The Morgan fingerprint density at radius 1 is 1.50 bits per heavy atom. The Hall–Kier alpha value is 0.400. The molecule has 60 valence electrons. The highest BCUT2D eigenvalue weighted by molar-refractivity contribution is 9.09. The van der Waals surface area contributed by atoms with Crippen molar-refractivity contribution < 1.29 is 9.47 Å². The van der Waals surface area contributed by atoms with Crippen LogP contribution in [-0.4, -0.2) is 31.3 Å². The Balaban J connectivity index is 2.44. The number of ether oxygens (including phenoxy) is 2. The van der Waals surface area contributed by atoms with Crippen LogP contribution in [0.3, 0.4) is 0 Å². The van der Waals surface area contributed by atoms with Crippen LogP contribution in [0.4, 0.5) is 0 Å². The lowest BCUT2D eigenvalue weighted by Crippen LogP contribution is -2.39. The van der Waals surface area contributed by atoms with Crippen molar-refractivity contribution in [3.05, 3.63) is 0 Å². The molecule has 3 heteroatoms. The Kier molecular flexibility index (Phi) is 3.14. The second kappa shape index (κ2) is 3.69. The highest BCUT2D eigenvalue weighted by Gasteiger charge is 2.30. The molecule has 1 aliphatic heterocycles. The Labute approximate surface area is 70.0 Å². The summed E-state index contributed by atoms with van der Waals surface area (Å²) >= 11 is 3.45. The van der Waals surface area contributed by atoms with Gasteiger partial charge in [0, 0.05) is 38.5 Å². The average Bonchev–Trinajstić information content (AvgIpc) is 2.06. The van der Waals surface area contributed by atoms with E-state index in [0.29, 0.717) is 0 Å². The number of hydrogen-bond acceptors (Lipinski definition) is 2. The molecule has 1 fully saturated rings. The summed E-state index contributed by atoms with van der Waals surface area (Å²) < 4.78 is 10.6. The zero-order valence-corrected chi connectivity index (χ0v) is 7.82. The molecule has 0 radical (unpaired) electrons. The predicted molar refractivity (Wildman–Crippen MR) is 43.6 cm³/mol. The maximum atomic E-state index is 5.40. The number of rotatable bonds is 2. The van der Waals surface area contributed by atoms with Crippen molar-refractivity contribution in [1.29, 1.82) is 0 Å². The van der Waals surface area contributed by atoms with Gasteiger partial charge in [0.25, 0.3) is 0 Å². The van der Waals surface area contributed by atoms with Gasteiger partial charge in [-0.15, -0.1) is 0 Å². The van der Waals surface area contributed by atoms with Gasteiger partial charge in [0.05, 0.1) is 5.60 Å². The lowest BCUT2D eigenvalue weighted by molar-refractivity contribution is -0.0734. The van der Waals surface area contributed by atoms with Gasteiger partial charge in [0.1, 0.15) is 0 Å². The normalized spacial score (nSPS) is 24.6. The van der Waals surface area contributed by atoms with E-state index in [-0.39, 0.29) is 5.60 Å². The van der Waals surface area contributed by atoms with E-state index in [1.54, 1.807) is 7.11 Å². The number of alkyl halides is 1. The third kappa shape index (κ3) is 1.71. The third-order valence-electron chi connectivity index (χ3n) is 2.08. The first-order chi connectivity index (χ1) is 4.83. The highest BCUT2D eigenvalue weighted by atomic mass is 79.9. The molecule has 0 amide bonds. The monoisotopic (exact) mass is 208 g/mol. The summed E-state index contributed by atoms with van der Waals surface area (Å²) in [4.78, 5) is 0. The minimum atomic E-state index is 0.0538. The molecule has 0 saturated carbocycles. The van der Waals surface area contributed by atoms with Gasteiger partial charge >= 0.3 is 0 Å². The second-order valence-corrected chi connectivity index (χ2v) is 3.19. The summed E-state index contributed by atoms with van der Waals surface area (Å²) in [5.41, 5.74) is 0.0538. The van der Waals surface area contributed by atoms with Gasteiger partial charge < -0.3 is 9.47 Å². The maximum absolute atomic E-state index is 5.40. The molecule has 0 aromatic heterocycles. The fourth-order valence-corrected chi connectivity index (χ4v) is 1.93. The molecule has 10 heavy (non-hydrogen) atoms. The third-order valence-corrected chi connectivity index (χ3v) is 3.10.